The third-order valence-electron chi connectivity index (χ3n) is 2.33. The Hall–Kier alpha value is -1.84. The maximum atomic E-state index is 10.7. The first-order valence-corrected chi connectivity index (χ1v) is 6.83. The molecule has 0 radical (unpaired) electrons. The smallest absolute Gasteiger partial charge is 0.258 e. The maximum Gasteiger partial charge on any atom is 0.283 e. The molecule has 0 N–H and O–H groups in total. The van der Waals surface area contributed by atoms with Crippen LogP contribution in [0.2, 0.25) is 0 Å². The van der Waals surface area contributed by atoms with Crippen molar-refractivity contribution in [3.8, 4) is 6.07 Å². The molecule has 94 valence electrons. The van der Waals surface area contributed by atoms with E-state index in [-0.39, 0.29) is 5.69 Å². The molecule has 0 amide bonds. The Bertz CT molecular complexity index is 665. The molecule has 0 aliphatic heterocycles. The number of nitro groups is 1. The minimum Gasteiger partial charge on any atom is -0.258 e. The topological polar surface area (TPSA) is 66.9 Å². The van der Waals surface area contributed by atoms with Gasteiger partial charge in [0.1, 0.15) is 0 Å². The van der Waals surface area contributed by atoms with Gasteiger partial charge in [-0.1, -0.05) is 11.8 Å². The number of nitro benzene ring substituents is 1. The number of nitriles is 1. The maximum absolute atomic E-state index is 10.7. The summed E-state index contributed by atoms with van der Waals surface area (Å²) in [7, 11) is 0. The standard InChI is InChI=1S/C13H7BrN2O2S/c14-12-7-11(5-6-13(12)16(17)18)19-10-3-1-9(8-15)2-4-10/h1-7H. The molecule has 2 rings (SSSR count). The number of hydrogen-bond donors (Lipinski definition) is 0. The van der Waals surface area contributed by atoms with Crippen LogP contribution in [0.1, 0.15) is 5.56 Å². The first-order valence-electron chi connectivity index (χ1n) is 5.22. The van der Waals surface area contributed by atoms with Crippen LogP contribution in [-0.2, 0) is 0 Å². The van der Waals surface area contributed by atoms with Gasteiger partial charge >= 0.3 is 0 Å². The average molecular weight is 335 g/mol. The Balaban J connectivity index is 2.21. The third kappa shape index (κ3) is 3.34. The van der Waals surface area contributed by atoms with Gasteiger partial charge < -0.3 is 0 Å². The Kier molecular flexibility index (Phi) is 4.20. The Morgan fingerprint density at radius 2 is 1.79 bits per heavy atom. The predicted molar refractivity (Wildman–Crippen MR) is 76.1 cm³/mol. The van der Waals surface area contributed by atoms with Crippen LogP contribution in [0.5, 0.6) is 0 Å². The first-order chi connectivity index (χ1) is 9.10. The summed E-state index contributed by atoms with van der Waals surface area (Å²) in [5.74, 6) is 0. The molecule has 0 atom stereocenters. The minimum absolute atomic E-state index is 0.0455. The summed E-state index contributed by atoms with van der Waals surface area (Å²) in [5.41, 5.74) is 0.651. The molecule has 0 heterocycles. The molecule has 0 spiro atoms. The van der Waals surface area contributed by atoms with Crippen molar-refractivity contribution in [2.45, 2.75) is 9.79 Å². The largest absolute Gasteiger partial charge is 0.283 e. The Labute approximate surface area is 122 Å². The molecular formula is C13H7BrN2O2S. The van der Waals surface area contributed by atoms with Crippen LogP contribution >= 0.6 is 27.7 Å². The van der Waals surface area contributed by atoms with Crippen LogP contribution in [0.4, 0.5) is 5.69 Å². The van der Waals surface area contributed by atoms with Crippen molar-refractivity contribution in [3.05, 3.63) is 62.6 Å². The van der Waals surface area contributed by atoms with E-state index in [1.807, 2.05) is 12.1 Å². The summed E-state index contributed by atoms with van der Waals surface area (Å²) in [4.78, 5) is 12.1. The first kappa shape index (κ1) is 13.6. The number of nitrogens with zero attached hydrogens (tertiary/aromatic N) is 2. The van der Waals surface area contributed by atoms with Gasteiger partial charge in [0.15, 0.2) is 0 Å². The van der Waals surface area contributed by atoms with Crippen LogP contribution in [0, 0.1) is 21.4 Å². The normalized spacial score (nSPS) is 9.89. The number of hydrogen-bond acceptors (Lipinski definition) is 4. The third-order valence-corrected chi connectivity index (χ3v) is 3.97. The van der Waals surface area contributed by atoms with Gasteiger partial charge in [0.05, 0.1) is 21.0 Å². The van der Waals surface area contributed by atoms with Crippen molar-refractivity contribution in [1.29, 1.82) is 5.26 Å². The van der Waals surface area contributed by atoms with Crippen molar-refractivity contribution >= 4 is 33.4 Å². The van der Waals surface area contributed by atoms with E-state index in [4.69, 9.17) is 5.26 Å². The molecule has 0 fully saturated rings. The molecule has 0 bridgehead atoms. The van der Waals surface area contributed by atoms with Crippen molar-refractivity contribution in [2.24, 2.45) is 0 Å². The van der Waals surface area contributed by atoms with Crippen LogP contribution < -0.4 is 0 Å². The van der Waals surface area contributed by atoms with E-state index < -0.39 is 4.92 Å². The van der Waals surface area contributed by atoms with Crippen molar-refractivity contribution in [2.75, 3.05) is 0 Å². The molecule has 0 aliphatic rings. The predicted octanol–water partition coefficient (Wildman–Crippen LogP) is 4.38. The van der Waals surface area contributed by atoms with E-state index in [0.29, 0.717) is 10.0 Å². The number of benzene rings is 2. The fourth-order valence-corrected chi connectivity index (χ4v) is 2.97. The molecule has 0 aromatic heterocycles. The molecule has 4 nitrogen and oxygen atoms in total. The van der Waals surface area contributed by atoms with Gasteiger partial charge in [0, 0.05) is 15.9 Å². The van der Waals surface area contributed by atoms with Gasteiger partial charge in [-0.05, 0) is 52.3 Å². The zero-order chi connectivity index (χ0) is 13.8. The summed E-state index contributed by atoms with van der Waals surface area (Å²) >= 11 is 4.67. The Morgan fingerprint density at radius 1 is 1.16 bits per heavy atom. The monoisotopic (exact) mass is 334 g/mol. The number of rotatable bonds is 3. The molecule has 2 aromatic carbocycles. The molecule has 0 unspecified atom stereocenters. The highest BCUT2D eigenvalue weighted by Crippen LogP contribution is 2.33. The van der Waals surface area contributed by atoms with Crippen LogP contribution in [-0.4, -0.2) is 4.92 Å². The fraction of sp³-hybridized carbons (Fsp3) is 0. The Morgan fingerprint density at radius 3 is 2.32 bits per heavy atom. The fourth-order valence-electron chi connectivity index (χ4n) is 1.43. The van der Waals surface area contributed by atoms with Crippen molar-refractivity contribution in [3.63, 3.8) is 0 Å². The highest BCUT2D eigenvalue weighted by molar-refractivity contribution is 9.10. The summed E-state index contributed by atoms with van der Waals surface area (Å²) in [5, 5.41) is 19.4. The zero-order valence-electron chi connectivity index (χ0n) is 9.54. The van der Waals surface area contributed by atoms with E-state index in [0.717, 1.165) is 9.79 Å². The molecule has 2 aromatic rings. The van der Waals surface area contributed by atoms with Gasteiger partial charge in [-0.3, -0.25) is 10.1 Å². The van der Waals surface area contributed by atoms with E-state index in [2.05, 4.69) is 22.0 Å². The van der Waals surface area contributed by atoms with Gasteiger partial charge in [-0.15, -0.1) is 0 Å². The second-order valence-electron chi connectivity index (χ2n) is 3.61. The second kappa shape index (κ2) is 5.87. The quantitative estimate of drug-likeness (QED) is 0.617. The highest BCUT2D eigenvalue weighted by Gasteiger charge is 2.11. The molecule has 19 heavy (non-hydrogen) atoms. The summed E-state index contributed by atoms with van der Waals surface area (Å²) in [6.07, 6.45) is 0. The lowest BCUT2D eigenvalue weighted by molar-refractivity contribution is -0.385. The van der Waals surface area contributed by atoms with E-state index in [9.17, 15) is 10.1 Å². The van der Waals surface area contributed by atoms with Crippen LogP contribution in [0.25, 0.3) is 0 Å². The van der Waals surface area contributed by atoms with Gasteiger partial charge in [0.2, 0.25) is 0 Å². The average Bonchev–Trinajstić information content (AvgIpc) is 2.39. The highest BCUT2D eigenvalue weighted by atomic mass is 79.9. The lowest BCUT2D eigenvalue weighted by atomic mass is 10.2. The lowest BCUT2D eigenvalue weighted by Crippen LogP contribution is -1.89. The molecule has 0 saturated carbocycles. The second-order valence-corrected chi connectivity index (χ2v) is 5.61. The van der Waals surface area contributed by atoms with E-state index >= 15 is 0 Å². The summed E-state index contributed by atoms with van der Waals surface area (Å²) < 4.78 is 0.455. The van der Waals surface area contributed by atoms with Crippen molar-refractivity contribution < 1.29 is 4.92 Å². The van der Waals surface area contributed by atoms with E-state index in [1.54, 1.807) is 24.3 Å². The minimum atomic E-state index is -0.430. The molecule has 6 heteroatoms. The van der Waals surface area contributed by atoms with E-state index in [1.165, 1.54) is 17.8 Å². The van der Waals surface area contributed by atoms with Gasteiger partial charge in [-0.25, -0.2) is 0 Å². The van der Waals surface area contributed by atoms with Crippen molar-refractivity contribution in [1.82, 2.24) is 0 Å². The number of halogens is 1. The molecule has 0 saturated heterocycles. The van der Waals surface area contributed by atoms with Crippen LogP contribution in [0.15, 0.2) is 56.7 Å². The lowest BCUT2D eigenvalue weighted by Gasteiger charge is -2.03. The molecule has 0 aliphatic carbocycles. The summed E-state index contributed by atoms with van der Waals surface area (Å²) in [6.45, 7) is 0. The molecular weight excluding hydrogens is 328 g/mol. The van der Waals surface area contributed by atoms with Gasteiger partial charge in [-0.2, -0.15) is 5.26 Å². The zero-order valence-corrected chi connectivity index (χ0v) is 11.9. The van der Waals surface area contributed by atoms with Crippen LogP contribution in [0.3, 0.4) is 0 Å². The summed E-state index contributed by atoms with van der Waals surface area (Å²) in [6, 6.07) is 14.1. The SMILES string of the molecule is N#Cc1ccc(Sc2ccc([N+](=O)[O-])c(Br)c2)cc1. The van der Waals surface area contributed by atoms with Gasteiger partial charge in [0.25, 0.3) is 5.69 Å².